The van der Waals surface area contributed by atoms with Crippen LogP contribution in [0.4, 0.5) is 0 Å². The van der Waals surface area contributed by atoms with Gasteiger partial charge in [0.2, 0.25) is 0 Å². The molecule has 0 bridgehead atoms. The van der Waals surface area contributed by atoms with Crippen molar-refractivity contribution < 1.29 is 9.52 Å². The number of aromatic amines is 1. The highest BCUT2D eigenvalue weighted by Gasteiger charge is 2.19. The number of unbranched alkanes of at least 4 members (excludes halogenated alkanes) is 1. The van der Waals surface area contributed by atoms with E-state index in [0.717, 1.165) is 64.1 Å². The van der Waals surface area contributed by atoms with Gasteiger partial charge in [0, 0.05) is 34.9 Å². The molecule has 0 saturated carbocycles. The first kappa shape index (κ1) is 22.3. The molecule has 3 aromatic heterocycles. The maximum atomic E-state index is 9.89. The summed E-state index contributed by atoms with van der Waals surface area (Å²) in [7, 11) is 0. The lowest BCUT2D eigenvalue weighted by Gasteiger charge is -2.11. The first-order valence-electron chi connectivity index (χ1n) is 11.3. The van der Waals surface area contributed by atoms with Gasteiger partial charge in [0.25, 0.3) is 0 Å². The molecule has 0 fully saturated rings. The van der Waals surface area contributed by atoms with Crippen LogP contribution >= 0.6 is 11.6 Å². The fourth-order valence-electron chi connectivity index (χ4n) is 4.35. The molecule has 0 unspecified atom stereocenters. The molecule has 174 valence electrons. The Hall–Kier alpha value is -3.49. The van der Waals surface area contributed by atoms with Gasteiger partial charge < -0.3 is 14.1 Å². The smallest absolute Gasteiger partial charge is 0.180 e. The molecule has 34 heavy (non-hydrogen) atoms. The molecule has 3 heterocycles. The number of fused-ring (bicyclic) bond motifs is 1. The fraction of sp³-hybridized carbons (Fsp3) is 0.280. The number of halogens is 1. The maximum Gasteiger partial charge on any atom is 0.180 e. The highest BCUT2D eigenvalue weighted by molar-refractivity contribution is 6.30. The van der Waals surface area contributed by atoms with E-state index < -0.39 is 0 Å². The number of nitrogens with one attached hydrogen (secondary N) is 1. The van der Waals surface area contributed by atoms with Crippen molar-refractivity contribution in [3.8, 4) is 22.7 Å². The Morgan fingerprint density at radius 2 is 1.94 bits per heavy atom. The van der Waals surface area contributed by atoms with E-state index in [1.54, 1.807) is 0 Å². The van der Waals surface area contributed by atoms with Gasteiger partial charge in [-0.1, -0.05) is 61.3 Å². The summed E-state index contributed by atoms with van der Waals surface area (Å²) >= 11 is 6.32. The highest BCUT2D eigenvalue weighted by atomic mass is 35.5. The van der Waals surface area contributed by atoms with E-state index >= 15 is 0 Å². The average Bonchev–Trinajstić information content (AvgIpc) is 3.56. The lowest BCUT2D eigenvalue weighted by molar-refractivity contribution is 0.271. The zero-order chi connectivity index (χ0) is 23.7. The molecule has 9 heteroatoms. The van der Waals surface area contributed by atoms with Crippen LogP contribution < -0.4 is 0 Å². The predicted octanol–water partition coefficient (Wildman–Crippen LogP) is 5.32. The minimum atomic E-state index is -0.150. The molecule has 0 atom stereocenters. The van der Waals surface area contributed by atoms with Crippen molar-refractivity contribution in [1.82, 2.24) is 30.2 Å². The van der Waals surface area contributed by atoms with Gasteiger partial charge in [-0.3, -0.25) is 0 Å². The van der Waals surface area contributed by atoms with E-state index in [2.05, 4.69) is 50.7 Å². The highest BCUT2D eigenvalue weighted by Crippen LogP contribution is 2.38. The number of aliphatic hydroxyl groups excluding tert-OH is 1. The largest absolute Gasteiger partial charge is 0.460 e. The van der Waals surface area contributed by atoms with Crippen LogP contribution in [-0.2, 0) is 19.6 Å². The van der Waals surface area contributed by atoms with Gasteiger partial charge in [0.1, 0.15) is 17.3 Å². The molecular weight excluding hydrogens is 452 g/mol. The van der Waals surface area contributed by atoms with Gasteiger partial charge in [0.05, 0.1) is 12.3 Å². The summed E-state index contributed by atoms with van der Waals surface area (Å²) in [5, 5.41) is 26.6. The molecule has 2 aromatic carbocycles. The molecule has 0 amide bonds. The Morgan fingerprint density at radius 1 is 1.12 bits per heavy atom. The van der Waals surface area contributed by atoms with Crippen LogP contribution in [-0.4, -0.2) is 35.3 Å². The third-order valence-corrected chi connectivity index (χ3v) is 6.39. The van der Waals surface area contributed by atoms with Gasteiger partial charge >= 0.3 is 0 Å². The van der Waals surface area contributed by atoms with Gasteiger partial charge in [-0.15, -0.1) is 5.10 Å². The van der Waals surface area contributed by atoms with Crippen molar-refractivity contribution in [2.75, 3.05) is 0 Å². The molecular formula is C25H25ClN6O2. The van der Waals surface area contributed by atoms with E-state index in [1.807, 2.05) is 35.8 Å². The van der Waals surface area contributed by atoms with E-state index in [-0.39, 0.29) is 6.61 Å². The van der Waals surface area contributed by atoms with E-state index in [4.69, 9.17) is 16.0 Å². The Labute approximate surface area is 201 Å². The molecule has 2 N–H and O–H groups in total. The summed E-state index contributed by atoms with van der Waals surface area (Å²) in [6.07, 6.45) is 2.90. The molecule has 0 radical (unpaired) electrons. The average molecular weight is 477 g/mol. The quantitative estimate of drug-likeness (QED) is 0.314. The third kappa shape index (κ3) is 3.99. The second kappa shape index (κ2) is 9.40. The van der Waals surface area contributed by atoms with Crippen molar-refractivity contribution in [2.24, 2.45) is 0 Å². The number of hydrogen-bond donors (Lipinski definition) is 2. The number of aromatic nitrogens is 6. The minimum Gasteiger partial charge on any atom is -0.460 e. The van der Waals surface area contributed by atoms with Crippen LogP contribution in [0.1, 0.15) is 42.6 Å². The number of rotatable bonds is 8. The summed E-state index contributed by atoms with van der Waals surface area (Å²) in [5.74, 6) is 3.09. The second-order valence-corrected chi connectivity index (χ2v) is 8.63. The van der Waals surface area contributed by atoms with E-state index in [0.29, 0.717) is 23.2 Å². The molecule has 0 aliphatic heterocycles. The monoisotopic (exact) mass is 476 g/mol. The zero-order valence-electron chi connectivity index (χ0n) is 19.0. The number of imidazole rings is 1. The number of aliphatic hydroxyl groups is 1. The van der Waals surface area contributed by atoms with E-state index in [9.17, 15) is 5.11 Å². The summed E-state index contributed by atoms with van der Waals surface area (Å²) < 4.78 is 8.29. The number of furan rings is 1. The van der Waals surface area contributed by atoms with Gasteiger partial charge in [0.15, 0.2) is 11.0 Å². The van der Waals surface area contributed by atoms with Crippen LogP contribution in [0.2, 0.25) is 5.15 Å². The fourth-order valence-corrected chi connectivity index (χ4v) is 4.61. The maximum absolute atomic E-state index is 9.89. The standard InChI is InChI=1S/C25H25ClN6O2/c1-3-4-9-22-27-24(26)21(14-33)32(22)13-16-10-11-18-20(12-16)15(2)34-23(18)17-7-5-6-8-19(17)25-28-30-31-29-25/h5-8,10-12,33H,3-4,9,13-14H2,1-2H3,(H,28,29,30,31). The second-order valence-electron chi connectivity index (χ2n) is 8.28. The molecule has 5 rings (SSSR count). The van der Waals surface area contributed by atoms with Crippen molar-refractivity contribution >= 4 is 22.4 Å². The van der Waals surface area contributed by atoms with Gasteiger partial charge in [-0.05, 0) is 35.4 Å². The van der Waals surface area contributed by atoms with Crippen molar-refractivity contribution in [3.63, 3.8) is 0 Å². The zero-order valence-corrected chi connectivity index (χ0v) is 19.8. The lowest BCUT2D eigenvalue weighted by atomic mass is 10.0. The SMILES string of the molecule is CCCCc1nc(Cl)c(CO)n1Cc1ccc2c(-c3ccccc3-c3nnn[nH]3)oc(C)c2c1. The Kier molecular flexibility index (Phi) is 6.17. The summed E-state index contributed by atoms with van der Waals surface area (Å²) in [6.45, 7) is 4.54. The van der Waals surface area contributed by atoms with Crippen LogP contribution in [0.25, 0.3) is 33.5 Å². The first-order valence-corrected chi connectivity index (χ1v) is 11.7. The molecule has 0 saturated heterocycles. The van der Waals surface area contributed by atoms with Crippen molar-refractivity contribution in [3.05, 3.63) is 70.5 Å². The number of benzene rings is 2. The number of nitrogens with zero attached hydrogens (tertiary/aromatic N) is 5. The summed E-state index contributed by atoms with van der Waals surface area (Å²) in [5.41, 5.74) is 3.51. The molecule has 0 aliphatic rings. The molecule has 5 aromatic rings. The number of hydrogen-bond acceptors (Lipinski definition) is 6. The molecule has 0 aliphatic carbocycles. The topological polar surface area (TPSA) is 106 Å². The number of tetrazole rings is 1. The summed E-state index contributed by atoms with van der Waals surface area (Å²) in [4.78, 5) is 4.50. The summed E-state index contributed by atoms with van der Waals surface area (Å²) in [6, 6.07) is 14.2. The van der Waals surface area contributed by atoms with Gasteiger partial charge in [-0.2, -0.15) is 0 Å². The van der Waals surface area contributed by atoms with Crippen molar-refractivity contribution in [1.29, 1.82) is 0 Å². The lowest BCUT2D eigenvalue weighted by Crippen LogP contribution is -2.09. The molecule has 8 nitrogen and oxygen atoms in total. The molecule has 0 spiro atoms. The van der Waals surface area contributed by atoms with E-state index in [1.165, 1.54) is 0 Å². The Morgan fingerprint density at radius 3 is 2.68 bits per heavy atom. The first-order chi connectivity index (χ1) is 16.6. The predicted molar refractivity (Wildman–Crippen MR) is 130 cm³/mol. The number of H-pyrrole nitrogens is 1. The third-order valence-electron chi connectivity index (χ3n) is 6.08. The van der Waals surface area contributed by atoms with Gasteiger partial charge in [-0.25, -0.2) is 10.1 Å². The van der Waals surface area contributed by atoms with Crippen LogP contribution in [0.15, 0.2) is 46.9 Å². The van der Waals surface area contributed by atoms with Crippen LogP contribution in [0.3, 0.4) is 0 Å². The Bertz CT molecular complexity index is 1440. The normalized spacial score (nSPS) is 11.5. The van der Waals surface area contributed by atoms with Crippen LogP contribution in [0.5, 0.6) is 0 Å². The van der Waals surface area contributed by atoms with Crippen molar-refractivity contribution in [2.45, 2.75) is 46.3 Å². The minimum absolute atomic E-state index is 0.150. The Balaban J connectivity index is 1.55. The number of aryl methyl sites for hydroxylation is 2. The van der Waals surface area contributed by atoms with Crippen LogP contribution in [0, 0.1) is 6.92 Å².